The molecule has 3 heterocycles. The van der Waals surface area contributed by atoms with Crippen molar-refractivity contribution in [1.29, 1.82) is 0 Å². The molecule has 1 fully saturated rings. The van der Waals surface area contributed by atoms with Gasteiger partial charge in [-0.05, 0) is 73.7 Å². The van der Waals surface area contributed by atoms with Gasteiger partial charge in [0.15, 0.2) is 0 Å². The SMILES string of the molecule is CCCCCCCCCCCCCCOC(=O)Nc1ccc2ccc(OCCCCN3CCN(c4cccc5sccc45)CC3)cc2n1. The average molecular weight is 673 g/mol. The summed E-state index contributed by atoms with van der Waals surface area (Å²) in [6.45, 7) is 8.83. The smallest absolute Gasteiger partial charge is 0.412 e. The highest BCUT2D eigenvalue weighted by molar-refractivity contribution is 7.17. The Morgan fingerprint density at radius 3 is 2.27 bits per heavy atom. The van der Waals surface area contributed by atoms with Crippen molar-refractivity contribution in [2.45, 2.75) is 96.8 Å². The lowest BCUT2D eigenvalue weighted by Crippen LogP contribution is -2.46. The van der Waals surface area contributed by atoms with Gasteiger partial charge in [-0.15, -0.1) is 11.3 Å². The van der Waals surface area contributed by atoms with Crippen molar-refractivity contribution in [3.8, 4) is 5.75 Å². The molecule has 0 radical (unpaired) electrons. The Balaban J connectivity index is 0.917. The third-order valence-corrected chi connectivity index (χ3v) is 10.3. The second kappa shape index (κ2) is 20.2. The minimum atomic E-state index is -0.446. The van der Waals surface area contributed by atoms with Crippen LogP contribution in [0.15, 0.2) is 60.0 Å². The number of nitrogens with one attached hydrogen (secondary N) is 1. The topological polar surface area (TPSA) is 66.9 Å². The number of unbranched alkanes of at least 4 members (excludes halogenated alkanes) is 12. The molecule has 2 aromatic carbocycles. The summed E-state index contributed by atoms with van der Waals surface area (Å²) < 4.78 is 12.9. The van der Waals surface area contributed by atoms with Crippen molar-refractivity contribution in [2.75, 3.05) is 56.2 Å². The first-order chi connectivity index (χ1) is 23.7. The number of pyridine rings is 1. The van der Waals surface area contributed by atoms with Crippen molar-refractivity contribution >= 4 is 49.9 Å². The molecule has 7 nitrogen and oxygen atoms in total. The molecular weight excluding hydrogens is 617 g/mol. The zero-order valence-corrected chi connectivity index (χ0v) is 29.9. The van der Waals surface area contributed by atoms with Crippen LogP contribution < -0.4 is 15.0 Å². The Labute approximate surface area is 292 Å². The van der Waals surface area contributed by atoms with Crippen molar-refractivity contribution in [3.63, 3.8) is 0 Å². The Bertz CT molecular complexity index is 1520. The lowest BCUT2D eigenvalue weighted by Gasteiger charge is -2.36. The number of carbonyl (C=O) groups excluding carboxylic acids is 1. The molecule has 4 aromatic rings. The van der Waals surface area contributed by atoms with Gasteiger partial charge in [0.1, 0.15) is 11.6 Å². The summed E-state index contributed by atoms with van der Waals surface area (Å²) in [5.74, 6) is 1.30. The van der Waals surface area contributed by atoms with Gasteiger partial charge in [-0.1, -0.05) is 83.6 Å². The van der Waals surface area contributed by atoms with E-state index in [9.17, 15) is 4.79 Å². The van der Waals surface area contributed by atoms with Crippen LogP contribution in [0.5, 0.6) is 5.75 Å². The minimum absolute atomic E-state index is 0.442. The van der Waals surface area contributed by atoms with E-state index in [0.29, 0.717) is 19.0 Å². The molecule has 8 heteroatoms. The van der Waals surface area contributed by atoms with Gasteiger partial charge >= 0.3 is 6.09 Å². The lowest BCUT2D eigenvalue weighted by atomic mass is 10.1. The van der Waals surface area contributed by atoms with E-state index in [1.165, 1.54) is 80.0 Å². The van der Waals surface area contributed by atoms with E-state index in [1.54, 1.807) is 0 Å². The fourth-order valence-corrected chi connectivity index (χ4v) is 7.41. The molecule has 1 aliphatic heterocycles. The number of amides is 1. The Morgan fingerprint density at radius 2 is 1.50 bits per heavy atom. The molecule has 1 aliphatic rings. The molecule has 0 bridgehead atoms. The first-order valence-corrected chi connectivity index (χ1v) is 19.5. The number of thiophene rings is 1. The second-order valence-corrected chi connectivity index (χ2v) is 14.1. The molecule has 260 valence electrons. The van der Waals surface area contributed by atoms with Gasteiger partial charge in [-0.3, -0.25) is 10.2 Å². The molecule has 1 N–H and O–H groups in total. The fraction of sp³-hybridized carbons (Fsp3) is 0.550. The largest absolute Gasteiger partial charge is 0.494 e. The maximum atomic E-state index is 12.3. The van der Waals surface area contributed by atoms with Gasteiger partial charge in [0.25, 0.3) is 0 Å². The van der Waals surface area contributed by atoms with Gasteiger partial charge in [0, 0.05) is 53.4 Å². The summed E-state index contributed by atoms with van der Waals surface area (Å²) in [5, 5.41) is 7.36. The number of hydrogen-bond donors (Lipinski definition) is 1. The summed E-state index contributed by atoms with van der Waals surface area (Å²) in [7, 11) is 0. The van der Waals surface area contributed by atoms with Crippen LogP contribution in [0.25, 0.3) is 21.0 Å². The van der Waals surface area contributed by atoms with Crippen LogP contribution >= 0.6 is 11.3 Å². The summed E-state index contributed by atoms with van der Waals surface area (Å²) >= 11 is 1.82. The highest BCUT2D eigenvalue weighted by atomic mass is 32.1. The third kappa shape index (κ3) is 11.7. The van der Waals surface area contributed by atoms with Gasteiger partial charge < -0.3 is 14.4 Å². The zero-order valence-electron chi connectivity index (χ0n) is 29.1. The van der Waals surface area contributed by atoms with E-state index in [0.717, 1.165) is 75.1 Å². The molecule has 0 saturated carbocycles. The first-order valence-electron chi connectivity index (χ1n) is 18.6. The number of benzene rings is 2. The van der Waals surface area contributed by atoms with Crippen LogP contribution in [0.3, 0.4) is 0 Å². The third-order valence-electron chi connectivity index (χ3n) is 9.45. The normalized spacial score (nSPS) is 13.7. The van der Waals surface area contributed by atoms with Crippen molar-refractivity contribution in [1.82, 2.24) is 9.88 Å². The summed E-state index contributed by atoms with van der Waals surface area (Å²) in [6, 6.07) is 18.6. The molecule has 0 atom stereocenters. The Morgan fingerprint density at radius 1 is 0.792 bits per heavy atom. The predicted molar refractivity (Wildman–Crippen MR) is 203 cm³/mol. The standard InChI is InChI=1S/C40H56N4O3S/c1-2-3-4-5-6-7-8-9-10-11-12-14-30-47-40(45)42-39-22-20-33-19-21-34(32-36(33)41-39)46-29-15-13-24-43-25-27-44(28-26-43)37-17-16-18-38-35(37)23-31-48-38/h16-23,31-32H,2-15,24-30H2,1H3,(H,41,42,45). The summed E-state index contributed by atoms with van der Waals surface area (Å²) in [5.41, 5.74) is 2.17. The van der Waals surface area contributed by atoms with E-state index in [2.05, 4.69) is 56.7 Å². The van der Waals surface area contributed by atoms with Crippen LogP contribution in [0.1, 0.15) is 96.8 Å². The van der Waals surface area contributed by atoms with Gasteiger partial charge in [0.05, 0.1) is 18.7 Å². The second-order valence-electron chi connectivity index (χ2n) is 13.2. The highest BCUT2D eigenvalue weighted by Crippen LogP contribution is 2.31. The van der Waals surface area contributed by atoms with E-state index in [-0.39, 0.29) is 0 Å². The highest BCUT2D eigenvalue weighted by Gasteiger charge is 2.18. The summed E-state index contributed by atoms with van der Waals surface area (Å²) in [6.07, 6.45) is 17.1. The Kier molecular flexibility index (Phi) is 15.1. The first kappa shape index (κ1) is 35.9. The number of anilines is 2. The van der Waals surface area contributed by atoms with Crippen LogP contribution in [0.2, 0.25) is 0 Å². The maximum absolute atomic E-state index is 12.3. The molecule has 0 unspecified atom stereocenters. The molecule has 48 heavy (non-hydrogen) atoms. The zero-order chi connectivity index (χ0) is 33.2. The van der Waals surface area contributed by atoms with E-state index >= 15 is 0 Å². The number of carbonyl (C=O) groups is 1. The number of ether oxygens (including phenoxy) is 2. The fourth-order valence-electron chi connectivity index (χ4n) is 6.60. The van der Waals surface area contributed by atoms with Crippen molar-refractivity contribution in [2.24, 2.45) is 0 Å². The number of aromatic nitrogens is 1. The van der Waals surface area contributed by atoms with Gasteiger partial charge in [-0.2, -0.15) is 0 Å². The predicted octanol–water partition coefficient (Wildman–Crippen LogP) is 10.7. The van der Waals surface area contributed by atoms with Crippen LogP contribution in [0, 0.1) is 0 Å². The van der Waals surface area contributed by atoms with E-state index in [4.69, 9.17) is 9.47 Å². The molecular formula is C40H56N4O3S. The quantitative estimate of drug-likeness (QED) is 0.0889. The molecule has 1 saturated heterocycles. The Hall–Kier alpha value is -3.36. The van der Waals surface area contributed by atoms with Crippen LogP contribution in [-0.2, 0) is 4.74 Å². The van der Waals surface area contributed by atoms with Crippen molar-refractivity contribution in [3.05, 3.63) is 60.0 Å². The molecule has 5 rings (SSSR count). The lowest BCUT2D eigenvalue weighted by molar-refractivity contribution is 0.159. The van der Waals surface area contributed by atoms with Gasteiger partial charge in [-0.25, -0.2) is 9.78 Å². The monoisotopic (exact) mass is 672 g/mol. The number of piperazine rings is 1. The van der Waals surface area contributed by atoms with Crippen LogP contribution in [0.4, 0.5) is 16.3 Å². The molecule has 0 spiro atoms. The van der Waals surface area contributed by atoms with Crippen molar-refractivity contribution < 1.29 is 14.3 Å². The number of nitrogens with zero attached hydrogens (tertiary/aromatic N) is 3. The van der Waals surface area contributed by atoms with Crippen LogP contribution in [-0.4, -0.2) is 61.9 Å². The molecule has 1 amide bonds. The number of fused-ring (bicyclic) bond motifs is 2. The molecule has 0 aliphatic carbocycles. The number of rotatable bonds is 21. The minimum Gasteiger partial charge on any atom is -0.494 e. The number of hydrogen-bond acceptors (Lipinski definition) is 7. The maximum Gasteiger partial charge on any atom is 0.412 e. The summed E-state index contributed by atoms with van der Waals surface area (Å²) in [4.78, 5) is 22.1. The average Bonchev–Trinajstić information content (AvgIpc) is 3.60. The molecule has 2 aromatic heterocycles. The van der Waals surface area contributed by atoms with Gasteiger partial charge in [0.2, 0.25) is 0 Å². The van der Waals surface area contributed by atoms with E-state index < -0.39 is 6.09 Å². The van der Waals surface area contributed by atoms with E-state index in [1.807, 2.05) is 41.7 Å².